The third-order valence-corrected chi connectivity index (χ3v) is 9.83. The molecule has 0 atom stereocenters. The van der Waals surface area contributed by atoms with Gasteiger partial charge in [0.1, 0.15) is 29.8 Å². The van der Waals surface area contributed by atoms with Crippen molar-refractivity contribution < 1.29 is 14.3 Å². The summed E-state index contributed by atoms with van der Waals surface area (Å²) in [6.45, 7) is 3.94. The summed E-state index contributed by atoms with van der Waals surface area (Å²) in [7, 11) is -2.34. The van der Waals surface area contributed by atoms with Gasteiger partial charge in [0.25, 0.3) is 5.91 Å². The van der Waals surface area contributed by atoms with Gasteiger partial charge in [-0.15, -0.1) is 0 Å². The molecule has 4 rings (SSSR count). The molecule has 0 aromatic heterocycles. The Bertz CT molecular complexity index is 939. The molecule has 0 saturated carbocycles. The molecule has 5 heteroatoms. The fraction of sp³-hybridized carbons (Fsp3) is 0.200. The first-order valence-electron chi connectivity index (χ1n) is 10.00. The SMILES string of the molecule is CC1(C)COC(=O)N1C(=O)C[P+](c1ccccc1)(c1ccccc1)c1ccccc1. The predicted octanol–water partition coefficient (Wildman–Crippen LogP) is 3.74. The maximum atomic E-state index is 13.7. The van der Waals surface area contributed by atoms with Gasteiger partial charge in [0.05, 0.1) is 5.54 Å². The molecule has 0 bridgehead atoms. The maximum absolute atomic E-state index is 13.7. The van der Waals surface area contributed by atoms with Crippen LogP contribution in [0.4, 0.5) is 4.79 Å². The van der Waals surface area contributed by atoms with Gasteiger partial charge >= 0.3 is 6.09 Å². The largest absolute Gasteiger partial charge is 0.447 e. The normalized spacial score (nSPS) is 15.7. The van der Waals surface area contributed by atoms with E-state index in [2.05, 4.69) is 36.4 Å². The van der Waals surface area contributed by atoms with Gasteiger partial charge in [0, 0.05) is 0 Å². The van der Waals surface area contributed by atoms with E-state index >= 15 is 0 Å². The summed E-state index contributed by atoms with van der Waals surface area (Å²) < 4.78 is 5.21. The number of cyclic esters (lactones) is 1. The van der Waals surface area contributed by atoms with Crippen LogP contribution in [-0.4, -0.2) is 35.2 Å². The molecule has 1 saturated heterocycles. The van der Waals surface area contributed by atoms with Crippen molar-refractivity contribution in [1.82, 2.24) is 4.90 Å². The van der Waals surface area contributed by atoms with E-state index in [9.17, 15) is 9.59 Å². The lowest BCUT2D eigenvalue weighted by Gasteiger charge is -2.31. The van der Waals surface area contributed by atoms with E-state index in [4.69, 9.17) is 4.74 Å². The van der Waals surface area contributed by atoms with Crippen molar-refractivity contribution in [3.05, 3.63) is 91.0 Å². The van der Waals surface area contributed by atoms with Crippen LogP contribution < -0.4 is 15.9 Å². The van der Waals surface area contributed by atoms with Gasteiger partial charge in [-0.1, -0.05) is 54.6 Å². The van der Waals surface area contributed by atoms with Crippen LogP contribution in [0.5, 0.6) is 0 Å². The highest BCUT2D eigenvalue weighted by Gasteiger charge is 2.52. The molecule has 4 nitrogen and oxygen atoms in total. The van der Waals surface area contributed by atoms with Gasteiger partial charge in [0.2, 0.25) is 0 Å². The summed E-state index contributed by atoms with van der Waals surface area (Å²) in [5.41, 5.74) is -0.659. The molecule has 0 unspecified atom stereocenters. The Morgan fingerprint density at radius 3 is 1.57 bits per heavy atom. The molecule has 3 aromatic carbocycles. The zero-order valence-corrected chi connectivity index (χ0v) is 18.1. The highest BCUT2D eigenvalue weighted by atomic mass is 31.2. The standard InChI is InChI=1S/C25H25NO3P/c1-25(2)19-29-24(28)26(25)23(27)18-30(20-12-6-3-7-13-20,21-14-8-4-9-15-21)22-16-10-5-11-17-22/h3-17H,18-19H2,1-2H3/q+1. The van der Waals surface area contributed by atoms with E-state index in [-0.39, 0.29) is 18.7 Å². The van der Waals surface area contributed by atoms with Crippen LogP contribution in [0.3, 0.4) is 0 Å². The van der Waals surface area contributed by atoms with E-state index in [1.807, 2.05) is 68.4 Å². The number of imide groups is 1. The smallest absolute Gasteiger partial charge is 0.417 e. The number of ether oxygens (including phenoxy) is 1. The lowest BCUT2D eigenvalue weighted by Crippen LogP contribution is -2.49. The number of benzene rings is 3. The average Bonchev–Trinajstić information content (AvgIpc) is 3.06. The van der Waals surface area contributed by atoms with E-state index in [0.29, 0.717) is 0 Å². The van der Waals surface area contributed by atoms with Crippen LogP contribution in [-0.2, 0) is 9.53 Å². The molecule has 0 spiro atoms. The molecule has 1 fully saturated rings. The van der Waals surface area contributed by atoms with E-state index in [1.165, 1.54) is 4.90 Å². The minimum atomic E-state index is -2.34. The summed E-state index contributed by atoms with van der Waals surface area (Å²) in [6, 6.07) is 30.6. The molecule has 0 N–H and O–H groups in total. The second-order valence-corrected chi connectivity index (χ2v) is 11.6. The molecule has 1 aliphatic rings. The molecule has 2 amide bonds. The first kappa shape index (κ1) is 20.3. The number of hydrogen-bond acceptors (Lipinski definition) is 3. The lowest BCUT2D eigenvalue weighted by atomic mass is 10.1. The molecule has 152 valence electrons. The van der Waals surface area contributed by atoms with Crippen LogP contribution in [0.15, 0.2) is 91.0 Å². The molecular formula is C25H25NO3P+. The van der Waals surface area contributed by atoms with Gasteiger partial charge in [-0.2, -0.15) is 0 Å². The monoisotopic (exact) mass is 418 g/mol. The van der Waals surface area contributed by atoms with Crippen LogP contribution in [0.25, 0.3) is 0 Å². The summed E-state index contributed by atoms with van der Waals surface area (Å²) in [5, 5.41) is 3.34. The third kappa shape index (κ3) is 3.53. The molecule has 30 heavy (non-hydrogen) atoms. The Morgan fingerprint density at radius 1 is 0.833 bits per heavy atom. The van der Waals surface area contributed by atoms with Crippen molar-refractivity contribution in [2.24, 2.45) is 0 Å². The van der Waals surface area contributed by atoms with Gasteiger partial charge in [-0.3, -0.25) is 4.79 Å². The van der Waals surface area contributed by atoms with Crippen LogP contribution in [0.2, 0.25) is 0 Å². The van der Waals surface area contributed by atoms with Crippen molar-refractivity contribution >= 4 is 35.2 Å². The fourth-order valence-electron chi connectivity index (χ4n) is 4.10. The third-order valence-electron chi connectivity index (χ3n) is 5.55. The number of hydrogen-bond donors (Lipinski definition) is 0. The van der Waals surface area contributed by atoms with Crippen LogP contribution in [0, 0.1) is 0 Å². The summed E-state index contributed by atoms with van der Waals surface area (Å²) in [5.74, 6) is -0.201. The quantitative estimate of drug-likeness (QED) is 0.593. The molecule has 1 heterocycles. The summed E-state index contributed by atoms with van der Waals surface area (Å²) in [4.78, 5) is 27.4. The maximum Gasteiger partial charge on any atom is 0.417 e. The van der Waals surface area contributed by atoms with Crippen molar-refractivity contribution in [3.63, 3.8) is 0 Å². The predicted molar refractivity (Wildman–Crippen MR) is 122 cm³/mol. The summed E-state index contributed by atoms with van der Waals surface area (Å²) in [6.07, 6.45) is -0.332. The highest BCUT2D eigenvalue weighted by Crippen LogP contribution is 2.55. The van der Waals surface area contributed by atoms with Crippen LogP contribution >= 0.6 is 7.26 Å². The highest BCUT2D eigenvalue weighted by molar-refractivity contribution is 7.96. The zero-order chi connectivity index (χ0) is 21.2. The van der Waals surface area contributed by atoms with Crippen molar-refractivity contribution in [3.8, 4) is 0 Å². The van der Waals surface area contributed by atoms with E-state index < -0.39 is 18.9 Å². The Morgan fingerprint density at radius 2 is 1.23 bits per heavy atom. The van der Waals surface area contributed by atoms with Gasteiger partial charge in [0.15, 0.2) is 6.16 Å². The van der Waals surface area contributed by atoms with Crippen LogP contribution in [0.1, 0.15) is 13.8 Å². The summed E-state index contributed by atoms with van der Waals surface area (Å²) >= 11 is 0. The lowest BCUT2D eigenvalue weighted by molar-refractivity contribution is -0.128. The zero-order valence-electron chi connectivity index (χ0n) is 17.2. The molecule has 0 aliphatic carbocycles. The van der Waals surface area contributed by atoms with Crippen molar-refractivity contribution in [1.29, 1.82) is 0 Å². The number of carbonyl (C=O) groups is 2. The van der Waals surface area contributed by atoms with Crippen molar-refractivity contribution in [2.75, 3.05) is 12.8 Å². The van der Waals surface area contributed by atoms with Gasteiger partial charge in [-0.25, -0.2) is 9.69 Å². The fourth-order valence-corrected chi connectivity index (χ4v) is 8.13. The minimum absolute atomic E-state index is 0.201. The van der Waals surface area contributed by atoms with Crippen molar-refractivity contribution in [2.45, 2.75) is 19.4 Å². The van der Waals surface area contributed by atoms with E-state index in [0.717, 1.165) is 15.9 Å². The second-order valence-electron chi connectivity index (χ2n) is 8.07. The second kappa shape index (κ2) is 8.04. The Hall–Kier alpha value is -2.97. The number of nitrogens with zero attached hydrogens (tertiary/aromatic N) is 1. The van der Waals surface area contributed by atoms with Gasteiger partial charge in [-0.05, 0) is 50.2 Å². The van der Waals surface area contributed by atoms with E-state index in [1.54, 1.807) is 0 Å². The number of rotatable bonds is 5. The number of amides is 2. The average molecular weight is 418 g/mol. The Balaban J connectivity index is 1.91. The molecular weight excluding hydrogens is 393 g/mol. The topological polar surface area (TPSA) is 46.6 Å². The Kier molecular flexibility index (Phi) is 5.44. The van der Waals surface area contributed by atoms with Gasteiger partial charge < -0.3 is 4.74 Å². The molecule has 0 radical (unpaired) electrons. The minimum Gasteiger partial charge on any atom is -0.447 e. The first-order chi connectivity index (χ1) is 14.4. The molecule has 1 aliphatic heterocycles. The number of carbonyl (C=O) groups excluding carboxylic acids is 2. The molecule has 3 aromatic rings. The Labute approximate surface area is 177 Å². The first-order valence-corrected chi connectivity index (χ1v) is 12.0.